The van der Waals surface area contributed by atoms with E-state index in [2.05, 4.69) is 32.9 Å². The Morgan fingerprint density at radius 2 is 1.75 bits per heavy atom. The van der Waals surface area contributed by atoms with Gasteiger partial charge in [0.05, 0.1) is 0 Å². The smallest absolute Gasteiger partial charge is 0.00892 e. The van der Waals surface area contributed by atoms with Gasteiger partial charge >= 0.3 is 0 Å². The summed E-state index contributed by atoms with van der Waals surface area (Å²) in [6.07, 6.45) is 12.2. The third-order valence-corrected chi connectivity index (χ3v) is 1.82. The Labute approximate surface area is 78.1 Å². The minimum absolute atomic E-state index is 1.09. The molecule has 0 aromatic heterocycles. The van der Waals surface area contributed by atoms with Gasteiger partial charge in [-0.1, -0.05) is 58.6 Å². The van der Waals surface area contributed by atoms with Gasteiger partial charge in [0.1, 0.15) is 0 Å². The lowest BCUT2D eigenvalue weighted by molar-refractivity contribution is 0.651. The fraction of sp³-hybridized carbons (Fsp3) is 0.667. The van der Waals surface area contributed by atoms with Gasteiger partial charge in [-0.25, -0.2) is 0 Å². The summed E-state index contributed by atoms with van der Waals surface area (Å²) in [7, 11) is 0. The van der Waals surface area contributed by atoms with Gasteiger partial charge in [-0.3, -0.25) is 0 Å². The van der Waals surface area contributed by atoms with E-state index in [0.717, 1.165) is 6.42 Å². The summed E-state index contributed by atoms with van der Waals surface area (Å²) in [6.45, 7) is 8.10. The molecule has 0 heteroatoms. The van der Waals surface area contributed by atoms with Crippen LogP contribution in [-0.2, 0) is 0 Å². The molecule has 0 amide bonds. The van der Waals surface area contributed by atoms with Gasteiger partial charge < -0.3 is 0 Å². The molecule has 0 saturated heterocycles. The first-order valence-corrected chi connectivity index (χ1v) is 5.03. The second-order valence-electron chi connectivity index (χ2n) is 3.54. The molecule has 0 spiro atoms. The van der Waals surface area contributed by atoms with Gasteiger partial charge in [-0.05, 0) is 18.8 Å². The van der Waals surface area contributed by atoms with Crippen molar-refractivity contribution in [2.75, 3.05) is 0 Å². The van der Waals surface area contributed by atoms with Crippen molar-refractivity contribution in [2.45, 2.75) is 52.4 Å². The molecule has 0 aromatic carbocycles. The molecule has 0 aliphatic heterocycles. The molecule has 12 heavy (non-hydrogen) atoms. The Morgan fingerprint density at radius 3 is 2.33 bits per heavy atom. The second-order valence-corrected chi connectivity index (χ2v) is 3.54. The zero-order chi connectivity index (χ0) is 9.23. The van der Waals surface area contributed by atoms with Crippen LogP contribution in [-0.4, -0.2) is 0 Å². The van der Waals surface area contributed by atoms with Crippen LogP contribution < -0.4 is 0 Å². The quantitative estimate of drug-likeness (QED) is 0.494. The Bertz CT molecular complexity index is 101. The van der Waals surface area contributed by atoms with Crippen molar-refractivity contribution in [3.63, 3.8) is 0 Å². The van der Waals surface area contributed by atoms with Gasteiger partial charge in [0.2, 0.25) is 0 Å². The Hall–Kier alpha value is -0.260. The number of unbranched alkanes of at least 4 members (excludes halogenated alkanes) is 5. The molecule has 2 radical (unpaired) electrons. The maximum absolute atomic E-state index is 3.83. The van der Waals surface area contributed by atoms with Crippen LogP contribution in [0, 0.1) is 12.8 Å². The van der Waals surface area contributed by atoms with Crippen molar-refractivity contribution in [2.24, 2.45) is 0 Å². The normalized spacial score (nSPS) is 11.7. The maximum atomic E-state index is 3.83. The topological polar surface area (TPSA) is 0 Å². The number of hydrogen-bond acceptors (Lipinski definition) is 0. The molecule has 0 aliphatic carbocycles. The van der Waals surface area contributed by atoms with Gasteiger partial charge in [0, 0.05) is 0 Å². The molecule has 0 aromatic rings. The van der Waals surface area contributed by atoms with E-state index in [-0.39, 0.29) is 0 Å². The van der Waals surface area contributed by atoms with E-state index >= 15 is 0 Å². The van der Waals surface area contributed by atoms with Crippen LogP contribution in [0.3, 0.4) is 0 Å². The van der Waals surface area contributed by atoms with E-state index in [4.69, 9.17) is 0 Å². The van der Waals surface area contributed by atoms with Crippen molar-refractivity contribution in [3.8, 4) is 0 Å². The lowest BCUT2D eigenvalue weighted by Gasteiger charge is -1.96. The van der Waals surface area contributed by atoms with E-state index < -0.39 is 0 Å². The van der Waals surface area contributed by atoms with Gasteiger partial charge in [0.15, 0.2) is 0 Å². The average molecular weight is 166 g/mol. The van der Waals surface area contributed by atoms with E-state index in [1.165, 1.54) is 38.0 Å². The Morgan fingerprint density at radius 1 is 1.08 bits per heavy atom. The fourth-order valence-electron chi connectivity index (χ4n) is 1.11. The third kappa shape index (κ3) is 9.74. The largest absolute Gasteiger partial charge is 0.0880 e. The summed E-state index contributed by atoms with van der Waals surface area (Å²) in [5.41, 5.74) is 0. The number of hydrogen-bond donors (Lipinski definition) is 0. The second kappa shape index (κ2) is 8.83. The van der Waals surface area contributed by atoms with Crippen LogP contribution in [0.4, 0.5) is 0 Å². The summed E-state index contributed by atoms with van der Waals surface area (Å²) < 4.78 is 0. The molecular weight excluding hydrogens is 144 g/mol. The highest BCUT2D eigenvalue weighted by Crippen LogP contribution is 2.06. The average Bonchev–Trinajstić information content (AvgIpc) is 2.02. The number of allylic oxidation sites excluding steroid dienone is 2. The van der Waals surface area contributed by atoms with Crippen molar-refractivity contribution in [1.29, 1.82) is 0 Å². The summed E-state index contributed by atoms with van der Waals surface area (Å²) in [5, 5.41) is 0. The SMILES string of the molecule is [CH2]CCCCCCC=C[C](C)C. The predicted molar refractivity (Wildman–Crippen MR) is 56.8 cm³/mol. The van der Waals surface area contributed by atoms with Crippen molar-refractivity contribution < 1.29 is 0 Å². The van der Waals surface area contributed by atoms with Crippen molar-refractivity contribution >= 4 is 0 Å². The molecule has 0 fully saturated rings. The molecule has 0 aliphatic rings. The van der Waals surface area contributed by atoms with Gasteiger partial charge in [-0.2, -0.15) is 0 Å². The highest BCUT2D eigenvalue weighted by Gasteiger charge is 1.87. The molecule has 0 rings (SSSR count). The molecule has 0 unspecified atom stereocenters. The van der Waals surface area contributed by atoms with E-state index in [0.29, 0.717) is 0 Å². The molecule has 0 saturated carbocycles. The van der Waals surface area contributed by atoms with Crippen molar-refractivity contribution in [3.05, 3.63) is 25.0 Å². The van der Waals surface area contributed by atoms with Gasteiger partial charge in [-0.15, -0.1) is 0 Å². The first-order valence-electron chi connectivity index (χ1n) is 5.03. The maximum Gasteiger partial charge on any atom is -0.00892 e. The van der Waals surface area contributed by atoms with Crippen LogP contribution >= 0.6 is 0 Å². The van der Waals surface area contributed by atoms with Crippen LogP contribution in [0.1, 0.15) is 52.4 Å². The molecule has 0 atom stereocenters. The highest BCUT2D eigenvalue weighted by atomic mass is 13.9. The van der Waals surface area contributed by atoms with Crippen LogP contribution in [0.5, 0.6) is 0 Å². The zero-order valence-corrected chi connectivity index (χ0v) is 8.60. The van der Waals surface area contributed by atoms with E-state index in [9.17, 15) is 0 Å². The minimum atomic E-state index is 1.09. The first kappa shape index (κ1) is 11.7. The summed E-state index contributed by atoms with van der Waals surface area (Å²) >= 11 is 0. The minimum Gasteiger partial charge on any atom is -0.0880 e. The zero-order valence-electron chi connectivity index (χ0n) is 8.60. The molecule has 0 heterocycles. The molecule has 0 N–H and O–H groups in total. The van der Waals surface area contributed by atoms with Crippen LogP contribution in [0.2, 0.25) is 0 Å². The number of rotatable bonds is 7. The first-order chi connectivity index (χ1) is 5.77. The lowest BCUT2D eigenvalue weighted by atomic mass is 10.1. The lowest BCUT2D eigenvalue weighted by Crippen LogP contribution is -1.77. The Balaban J connectivity index is 3.00. The van der Waals surface area contributed by atoms with E-state index in [1.54, 1.807) is 0 Å². The molecule has 70 valence electrons. The summed E-state index contributed by atoms with van der Waals surface area (Å²) in [5.74, 6) is 1.40. The van der Waals surface area contributed by atoms with E-state index in [1.807, 2.05) is 0 Å². The predicted octanol–water partition coefficient (Wildman–Crippen LogP) is 4.33. The molecule has 0 nitrogen and oxygen atoms in total. The van der Waals surface area contributed by atoms with Crippen LogP contribution in [0.15, 0.2) is 12.2 Å². The summed E-state index contributed by atoms with van der Waals surface area (Å²) in [6, 6.07) is 0. The van der Waals surface area contributed by atoms with Crippen molar-refractivity contribution in [1.82, 2.24) is 0 Å². The third-order valence-electron chi connectivity index (χ3n) is 1.82. The van der Waals surface area contributed by atoms with Crippen LogP contribution in [0.25, 0.3) is 0 Å². The summed E-state index contributed by atoms with van der Waals surface area (Å²) in [4.78, 5) is 0. The van der Waals surface area contributed by atoms with Gasteiger partial charge in [0.25, 0.3) is 0 Å². The Kier molecular flexibility index (Phi) is 8.64. The fourth-order valence-corrected chi connectivity index (χ4v) is 1.11. The standard InChI is InChI=1S/C12H22/c1-4-5-6-7-8-9-10-11-12(2)3/h10-11H,1,4-9H2,2-3H3. The monoisotopic (exact) mass is 166 g/mol. The highest BCUT2D eigenvalue weighted by molar-refractivity contribution is 5.02. The molecular formula is C12H22. The molecule has 0 bridgehead atoms.